The number of benzene rings is 1. The topological polar surface area (TPSA) is 68.3 Å². The van der Waals surface area contributed by atoms with E-state index in [1.165, 1.54) is 27.1 Å². The highest BCUT2D eigenvalue weighted by Crippen LogP contribution is 2.34. The molecule has 1 fully saturated rings. The van der Waals surface area contributed by atoms with Crippen molar-refractivity contribution in [2.24, 2.45) is 0 Å². The number of carbonyl (C=O) groups is 2. The molecule has 0 amide bonds. The maximum Gasteiger partial charge on any atom is 0.355 e. The third kappa shape index (κ3) is 4.25. The van der Waals surface area contributed by atoms with Gasteiger partial charge in [0.25, 0.3) is 0 Å². The van der Waals surface area contributed by atoms with Crippen molar-refractivity contribution in [3.05, 3.63) is 34.5 Å². The van der Waals surface area contributed by atoms with Gasteiger partial charge in [-0.15, -0.1) is 0 Å². The molecule has 0 spiro atoms. The first kappa shape index (κ1) is 20.5. The largest absolute Gasteiger partial charge is 0.466 e. The summed E-state index contributed by atoms with van der Waals surface area (Å²) in [5.41, 5.74) is 1.85. The van der Waals surface area contributed by atoms with E-state index in [0.29, 0.717) is 10.7 Å². The molecule has 7 nitrogen and oxygen atoms in total. The van der Waals surface area contributed by atoms with Gasteiger partial charge < -0.3 is 24.0 Å². The SMILES string of the molecule is COC(=O)C1=C(C(=O)OC)N(c2ccc(N3CCCCCC3)c(Cl)c2)COC1. The van der Waals surface area contributed by atoms with Crippen LogP contribution in [0.3, 0.4) is 0 Å². The lowest BCUT2D eigenvalue weighted by Gasteiger charge is -2.32. The molecule has 0 aliphatic carbocycles. The van der Waals surface area contributed by atoms with E-state index in [1.807, 2.05) is 12.1 Å². The quantitative estimate of drug-likeness (QED) is 0.709. The molecule has 0 saturated carbocycles. The minimum atomic E-state index is -0.628. The van der Waals surface area contributed by atoms with Crippen molar-refractivity contribution in [3.63, 3.8) is 0 Å². The summed E-state index contributed by atoms with van der Waals surface area (Å²) in [6, 6.07) is 5.61. The van der Waals surface area contributed by atoms with Crippen LogP contribution in [0.5, 0.6) is 0 Å². The van der Waals surface area contributed by atoms with E-state index >= 15 is 0 Å². The van der Waals surface area contributed by atoms with E-state index in [2.05, 4.69) is 4.90 Å². The van der Waals surface area contributed by atoms with Crippen LogP contribution in [-0.4, -0.2) is 52.6 Å². The minimum Gasteiger partial charge on any atom is -0.466 e. The second-order valence-corrected chi connectivity index (χ2v) is 7.16. The first-order valence-electron chi connectivity index (χ1n) is 9.36. The Kier molecular flexibility index (Phi) is 6.80. The molecule has 3 rings (SSSR count). The Labute approximate surface area is 169 Å². The summed E-state index contributed by atoms with van der Waals surface area (Å²) in [6.45, 7) is 2.04. The average molecular weight is 409 g/mol. The predicted molar refractivity (Wildman–Crippen MR) is 106 cm³/mol. The molecule has 28 heavy (non-hydrogen) atoms. The highest BCUT2D eigenvalue weighted by molar-refractivity contribution is 6.33. The molecule has 1 aromatic carbocycles. The zero-order valence-electron chi connectivity index (χ0n) is 16.2. The fourth-order valence-corrected chi connectivity index (χ4v) is 3.87. The van der Waals surface area contributed by atoms with Gasteiger partial charge in [0.05, 0.1) is 37.1 Å². The number of rotatable bonds is 4. The fourth-order valence-electron chi connectivity index (χ4n) is 3.58. The molecule has 0 unspecified atom stereocenters. The van der Waals surface area contributed by atoms with Gasteiger partial charge in [-0.2, -0.15) is 0 Å². The minimum absolute atomic E-state index is 0.0206. The van der Waals surface area contributed by atoms with Gasteiger partial charge in [0.1, 0.15) is 12.4 Å². The molecular formula is C20H25ClN2O5. The predicted octanol–water partition coefficient (Wildman–Crippen LogP) is 3.11. The van der Waals surface area contributed by atoms with Crippen LogP contribution in [0, 0.1) is 0 Å². The summed E-state index contributed by atoms with van der Waals surface area (Å²) in [4.78, 5) is 28.4. The summed E-state index contributed by atoms with van der Waals surface area (Å²) < 4.78 is 15.2. The Bertz CT molecular complexity index is 772. The molecular weight excluding hydrogens is 384 g/mol. The highest BCUT2D eigenvalue weighted by Gasteiger charge is 2.32. The summed E-state index contributed by atoms with van der Waals surface area (Å²) >= 11 is 6.59. The van der Waals surface area contributed by atoms with Gasteiger partial charge >= 0.3 is 11.9 Å². The van der Waals surface area contributed by atoms with Gasteiger partial charge in [-0.25, -0.2) is 9.59 Å². The normalized spacial score (nSPS) is 18.0. The van der Waals surface area contributed by atoms with E-state index in [4.69, 9.17) is 25.8 Å². The van der Waals surface area contributed by atoms with Crippen molar-refractivity contribution in [1.29, 1.82) is 0 Å². The average Bonchev–Trinajstić information content (AvgIpc) is 3.01. The summed E-state index contributed by atoms with van der Waals surface area (Å²) in [6.07, 6.45) is 4.77. The molecule has 2 aliphatic heterocycles. The second-order valence-electron chi connectivity index (χ2n) is 6.75. The van der Waals surface area contributed by atoms with Crippen LogP contribution in [0.4, 0.5) is 11.4 Å². The van der Waals surface area contributed by atoms with Gasteiger partial charge in [0.15, 0.2) is 0 Å². The molecule has 8 heteroatoms. The number of anilines is 2. The molecule has 152 valence electrons. The van der Waals surface area contributed by atoms with E-state index in [0.717, 1.165) is 31.6 Å². The molecule has 1 aromatic rings. The number of ether oxygens (including phenoxy) is 3. The van der Waals surface area contributed by atoms with E-state index < -0.39 is 11.9 Å². The number of halogens is 1. The number of hydrogen-bond donors (Lipinski definition) is 0. The first-order valence-corrected chi connectivity index (χ1v) is 9.74. The maximum absolute atomic E-state index is 12.4. The number of esters is 2. The second kappa shape index (κ2) is 9.30. The maximum atomic E-state index is 12.4. The van der Waals surface area contributed by atoms with Crippen LogP contribution in [0.15, 0.2) is 29.5 Å². The van der Waals surface area contributed by atoms with Crippen LogP contribution in [0.2, 0.25) is 5.02 Å². The summed E-state index contributed by atoms with van der Waals surface area (Å²) in [5.74, 6) is -1.26. The van der Waals surface area contributed by atoms with Crippen molar-refractivity contribution < 1.29 is 23.8 Å². The van der Waals surface area contributed by atoms with Gasteiger partial charge in [-0.05, 0) is 31.0 Å². The van der Waals surface area contributed by atoms with Gasteiger partial charge in [0, 0.05) is 18.8 Å². The van der Waals surface area contributed by atoms with Crippen molar-refractivity contribution in [2.75, 3.05) is 50.4 Å². The van der Waals surface area contributed by atoms with Crippen LogP contribution in [-0.2, 0) is 23.8 Å². The highest BCUT2D eigenvalue weighted by atomic mass is 35.5. The smallest absolute Gasteiger partial charge is 0.355 e. The molecule has 2 aliphatic rings. The van der Waals surface area contributed by atoms with E-state index in [1.54, 1.807) is 11.0 Å². The lowest BCUT2D eigenvalue weighted by molar-refractivity contribution is -0.140. The Morgan fingerprint density at radius 1 is 1.04 bits per heavy atom. The number of methoxy groups -OCH3 is 2. The Hall–Kier alpha value is -2.25. The Morgan fingerprint density at radius 2 is 1.71 bits per heavy atom. The van der Waals surface area contributed by atoms with E-state index in [-0.39, 0.29) is 24.6 Å². The molecule has 2 heterocycles. The van der Waals surface area contributed by atoms with Crippen LogP contribution < -0.4 is 9.80 Å². The van der Waals surface area contributed by atoms with Crippen LogP contribution >= 0.6 is 11.6 Å². The number of hydrogen-bond acceptors (Lipinski definition) is 7. The van der Waals surface area contributed by atoms with Crippen LogP contribution in [0.1, 0.15) is 25.7 Å². The Morgan fingerprint density at radius 3 is 2.32 bits per heavy atom. The van der Waals surface area contributed by atoms with E-state index in [9.17, 15) is 9.59 Å². The molecule has 0 bridgehead atoms. The molecule has 0 N–H and O–H groups in total. The van der Waals surface area contributed by atoms with Crippen molar-refractivity contribution in [1.82, 2.24) is 0 Å². The third-order valence-corrected chi connectivity index (χ3v) is 5.33. The first-order chi connectivity index (χ1) is 13.6. The van der Waals surface area contributed by atoms with Crippen molar-refractivity contribution in [3.8, 4) is 0 Å². The monoisotopic (exact) mass is 408 g/mol. The molecule has 0 radical (unpaired) electrons. The lowest BCUT2D eigenvalue weighted by Crippen LogP contribution is -2.38. The van der Waals surface area contributed by atoms with Gasteiger partial charge in [0.2, 0.25) is 0 Å². The lowest BCUT2D eigenvalue weighted by atomic mass is 10.1. The summed E-state index contributed by atoms with van der Waals surface area (Å²) in [5, 5.41) is 0.591. The third-order valence-electron chi connectivity index (χ3n) is 5.02. The zero-order chi connectivity index (χ0) is 20.1. The summed E-state index contributed by atoms with van der Waals surface area (Å²) in [7, 11) is 2.53. The van der Waals surface area contributed by atoms with Gasteiger partial charge in [-0.1, -0.05) is 24.4 Å². The van der Waals surface area contributed by atoms with Crippen LogP contribution in [0.25, 0.3) is 0 Å². The number of carbonyl (C=O) groups excluding carboxylic acids is 2. The number of nitrogens with zero attached hydrogens (tertiary/aromatic N) is 2. The van der Waals surface area contributed by atoms with Gasteiger partial charge in [-0.3, -0.25) is 0 Å². The Balaban J connectivity index is 1.95. The van der Waals surface area contributed by atoms with Crippen molar-refractivity contribution >= 4 is 34.9 Å². The fraction of sp³-hybridized carbons (Fsp3) is 0.500. The zero-order valence-corrected chi connectivity index (χ0v) is 17.0. The van der Waals surface area contributed by atoms with Crippen molar-refractivity contribution in [2.45, 2.75) is 25.7 Å². The molecule has 1 saturated heterocycles. The molecule has 0 aromatic heterocycles. The standard InChI is InChI=1S/C20H25ClN2O5/c1-26-19(24)15-12-28-13-23(18(15)20(25)27-2)14-7-8-17(16(21)11-14)22-9-5-3-4-6-10-22/h7-8,11H,3-6,9-10,12-13H2,1-2H3. The molecule has 0 atom stereocenters.